The number of nitrogens with one attached hydrogen (secondary N) is 1. The number of phenols is 1. The molecule has 0 saturated carbocycles. The van der Waals surface area contributed by atoms with Crippen LogP contribution in [0.1, 0.15) is 10.4 Å². The van der Waals surface area contributed by atoms with E-state index in [4.69, 9.17) is 16.3 Å². The zero-order valence-corrected chi connectivity index (χ0v) is 14.6. The lowest BCUT2D eigenvalue weighted by molar-refractivity contribution is -0.119. The number of phenolic OH excluding ortho intramolecular Hbond substituents is 1. The summed E-state index contributed by atoms with van der Waals surface area (Å²) in [4.78, 5) is 23.7. The summed E-state index contributed by atoms with van der Waals surface area (Å²) in [6.07, 6.45) is 1.03. The fourth-order valence-corrected chi connectivity index (χ4v) is 2.68. The van der Waals surface area contributed by atoms with Crippen LogP contribution >= 0.6 is 11.6 Å². The van der Waals surface area contributed by atoms with Crippen LogP contribution in [0.5, 0.6) is 5.75 Å². The van der Waals surface area contributed by atoms with Crippen molar-refractivity contribution in [2.45, 2.75) is 4.90 Å². The second-order valence-corrected chi connectivity index (χ2v) is 7.51. The van der Waals surface area contributed by atoms with Gasteiger partial charge in [-0.15, -0.1) is 0 Å². The standard InChI is InChI=1S/C16H14ClNO6S/c1-25(22,23)12-5-6-13(17)14(8-12)18-15(20)9-24-16(21)10-3-2-4-11(19)7-10/h2-8,19H,9H2,1H3,(H,18,20). The number of anilines is 1. The normalized spacial score (nSPS) is 11.0. The topological polar surface area (TPSA) is 110 Å². The van der Waals surface area contributed by atoms with E-state index in [1.54, 1.807) is 0 Å². The van der Waals surface area contributed by atoms with E-state index < -0.39 is 28.3 Å². The fourth-order valence-electron chi connectivity index (χ4n) is 1.86. The minimum Gasteiger partial charge on any atom is -0.508 e. The van der Waals surface area contributed by atoms with Crippen molar-refractivity contribution in [2.24, 2.45) is 0 Å². The molecule has 0 radical (unpaired) electrons. The van der Waals surface area contributed by atoms with Crippen molar-refractivity contribution in [1.29, 1.82) is 0 Å². The van der Waals surface area contributed by atoms with Gasteiger partial charge in [0.15, 0.2) is 16.4 Å². The molecule has 132 valence electrons. The van der Waals surface area contributed by atoms with E-state index in [0.29, 0.717) is 0 Å². The van der Waals surface area contributed by atoms with Crippen LogP contribution in [0.15, 0.2) is 47.4 Å². The minimum atomic E-state index is -3.46. The number of hydrogen-bond donors (Lipinski definition) is 2. The number of benzene rings is 2. The molecule has 0 aromatic heterocycles. The number of amides is 1. The summed E-state index contributed by atoms with van der Waals surface area (Å²) in [5, 5.41) is 11.8. The molecule has 0 saturated heterocycles. The van der Waals surface area contributed by atoms with Crippen LogP contribution in [0.3, 0.4) is 0 Å². The molecule has 25 heavy (non-hydrogen) atoms. The Morgan fingerprint density at radius 2 is 1.92 bits per heavy atom. The van der Waals surface area contributed by atoms with Gasteiger partial charge in [0.25, 0.3) is 5.91 Å². The van der Waals surface area contributed by atoms with Crippen LogP contribution in [-0.4, -0.2) is 38.3 Å². The number of esters is 1. The Balaban J connectivity index is 2.02. The van der Waals surface area contributed by atoms with Crippen LogP contribution in [-0.2, 0) is 19.4 Å². The first-order valence-corrected chi connectivity index (χ1v) is 9.19. The summed E-state index contributed by atoms with van der Waals surface area (Å²) in [5.41, 5.74) is 0.174. The Morgan fingerprint density at radius 3 is 2.56 bits per heavy atom. The molecule has 0 fully saturated rings. The van der Waals surface area contributed by atoms with Gasteiger partial charge < -0.3 is 15.2 Å². The molecule has 0 bridgehead atoms. The molecule has 2 N–H and O–H groups in total. The molecule has 0 aliphatic rings. The lowest BCUT2D eigenvalue weighted by Crippen LogP contribution is -2.21. The average molecular weight is 384 g/mol. The lowest BCUT2D eigenvalue weighted by atomic mass is 10.2. The molecule has 2 rings (SSSR count). The van der Waals surface area contributed by atoms with Crippen molar-refractivity contribution in [3.05, 3.63) is 53.1 Å². The summed E-state index contributed by atoms with van der Waals surface area (Å²) in [7, 11) is -3.46. The molecule has 1 amide bonds. The van der Waals surface area contributed by atoms with E-state index in [9.17, 15) is 23.1 Å². The van der Waals surface area contributed by atoms with Crippen molar-refractivity contribution in [2.75, 3.05) is 18.2 Å². The van der Waals surface area contributed by atoms with E-state index >= 15 is 0 Å². The third kappa shape index (κ3) is 5.20. The van der Waals surface area contributed by atoms with Gasteiger partial charge in [-0.25, -0.2) is 13.2 Å². The van der Waals surface area contributed by atoms with Crippen molar-refractivity contribution in [3.8, 4) is 5.75 Å². The van der Waals surface area contributed by atoms with Gasteiger partial charge in [0, 0.05) is 6.26 Å². The molecule has 0 aliphatic heterocycles. The van der Waals surface area contributed by atoms with E-state index in [0.717, 1.165) is 6.26 Å². The smallest absolute Gasteiger partial charge is 0.338 e. The number of ether oxygens (including phenoxy) is 1. The van der Waals surface area contributed by atoms with E-state index in [-0.39, 0.29) is 26.9 Å². The molecule has 0 aliphatic carbocycles. The number of carbonyl (C=O) groups excluding carboxylic acids is 2. The fraction of sp³-hybridized carbons (Fsp3) is 0.125. The monoisotopic (exact) mass is 383 g/mol. The van der Waals surface area contributed by atoms with Crippen molar-refractivity contribution in [3.63, 3.8) is 0 Å². The maximum atomic E-state index is 11.9. The Hall–Kier alpha value is -2.58. The highest BCUT2D eigenvalue weighted by Gasteiger charge is 2.14. The summed E-state index contributed by atoms with van der Waals surface area (Å²) in [5.74, 6) is -1.59. The number of halogens is 1. The lowest BCUT2D eigenvalue weighted by Gasteiger charge is -2.09. The molecule has 2 aromatic rings. The Labute approximate surface area is 149 Å². The molecular weight excluding hydrogens is 370 g/mol. The first-order chi connectivity index (χ1) is 11.7. The summed E-state index contributed by atoms with van der Waals surface area (Å²) < 4.78 is 27.9. The number of carbonyl (C=O) groups is 2. The summed E-state index contributed by atoms with van der Waals surface area (Å²) in [6.45, 7) is -0.603. The molecular formula is C16H14ClNO6S. The predicted octanol–water partition coefficient (Wildman–Crippen LogP) is 2.24. The van der Waals surface area contributed by atoms with Crippen LogP contribution in [0.25, 0.3) is 0 Å². The van der Waals surface area contributed by atoms with Gasteiger partial charge in [0.1, 0.15) is 5.75 Å². The SMILES string of the molecule is CS(=O)(=O)c1ccc(Cl)c(NC(=O)COC(=O)c2cccc(O)c2)c1. The van der Waals surface area contributed by atoms with E-state index in [1.807, 2.05) is 0 Å². The summed E-state index contributed by atoms with van der Waals surface area (Å²) in [6, 6.07) is 9.34. The Morgan fingerprint density at radius 1 is 1.20 bits per heavy atom. The van der Waals surface area contributed by atoms with Crippen LogP contribution < -0.4 is 5.32 Å². The maximum Gasteiger partial charge on any atom is 0.338 e. The minimum absolute atomic E-state index is 0.0102. The van der Waals surface area contributed by atoms with Gasteiger partial charge in [0.2, 0.25) is 0 Å². The largest absolute Gasteiger partial charge is 0.508 e. The first kappa shape index (κ1) is 18.8. The molecule has 0 heterocycles. The zero-order chi connectivity index (χ0) is 18.6. The zero-order valence-electron chi connectivity index (χ0n) is 13.0. The molecule has 0 atom stereocenters. The highest BCUT2D eigenvalue weighted by atomic mass is 35.5. The summed E-state index contributed by atoms with van der Waals surface area (Å²) >= 11 is 5.92. The van der Waals surface area contributed by atoms with Gasteiger partial charge in [-0.05, 0) is 36.4 Å². The maximum absolute atomic E-state index is 11.9. The highest BCUT2D eigenvalue weighted by Crippen LogP contribution is 2.25. The van der Waals surface area contributed by atoms with Crippen molar-refractivity contribution >= 4 is 39.0 Å². The number of rotatable bonds is 5. The van der Waals surface area contributed by atoms with Gasteiger partial charge in [-0.1, -0.05) is 17.7 Å². The van der Waals surface area contributed by atoms with Crippen molar-refractivity contribution in [1.82, 2.24) is 0 Å². The predicted molar refractivity (Wildman–Crippen MR) is 91.6 cm³/mol. The molecule has 0 unspecified atom stereocenters. The molecule has 0 spiro atoms. The van der Waals surface area contributed by atoms with E-state index in [1.165, 1.54) is 42.5 Å². The van der Waals surface area contributed by atoms with Gasteiger partial charge in [-0.2, -0.15) is 0 Å². The first-order valence-electron chi connectivity index (χ1n) is 6.92. The van der Waals surface area contributed by atoms with Gasteiger partial charge in [0.05, 0.1) is 21.2 Å². The Bertz CT molecular complexity index is 926. The van der Waals surface area contributed by atoms with E-state index in [2.05, 4.69) is 5.32 Å². The average Bonchev–Trinajstić information content (AvgIpc) is 2.53. The second kappa shape index (κ2) is 7.54. The highest BCUT2D eigenvalue weighted by molar-refractivity contribution is 7.90. The third-order valence-corrected chi connectivity index (χ3v) is 4.50. The van der Waals surface area contributed by atoms with Crippen molar-refractivity contribution < 1.29 is 27.9 Å². The number of aromatic hydroxyl groups is 1. The van der Waals surface area contributed by atoms with Crippen LogP contribution in [0.4, 0.5) is 5.69 Å². The molecule has 2 aromatic carbocycles. The Kier molecular flexibility index (Phi) is 5.66. The van der Waals surface area contributed by atoms with Gasteiger partial charge >= 0.3 is 5.97 Å². The molecule has 7 nitrogen and oxygen atoms in total. The number of sulfone groups is 1. The molecule has 9 heteroatoms. The van der Waals surface area contributed by atoms with Gasteiger partial charge in [-0.3, -0.25) is 4.79 Å². The van der Waals surface area contributed by atoms with Crippen LogP contribution in [0, 0.1) is 0 Å². The number of hydrogen-bond acceptors (Lipinski definition) is 6. The third-order valence-electron chi connectivity index (χ3n) is 3.06. The van der Waals surface area contributed by atoms with Crippen LogP contribution in [0.2, 0.25) is 5.02 Å². The second-order valence-electron chi connectivity index (χ2n) is 5.09. The quantitative estimate of drug-likeness (QED) is 0.766.